The van der Waals surface area contributed by atoms with Gasteiger partial charge in [0, 0.05) is 0 Å². The molecule has 8 nitrogen and oxygen atoms in total. The molecule has 8 heteroatoms. The molecule has 20 heavy (non-hydrogen) atoms. The van der Waals surface area contributed by atoms with Crippen LogP contribution in [0.2, 0.25) is 0 Å². The number of rotatable bonds is 3. The van der Waals surface area contributed by atoms with Crippen LogP contribution in [0.25, 0.3) is 0 Å². The van der Waals surface area contributed by atoms with Crippen molar-refractivity contribution in [1.82, 2.24) is 20.5 Å². The zero-order chi connectivity index (χ0) is 15.5. The molecule has 0 aliphatic carbocycles. The van der Waals surface area contributed by atoms with Crippen LogP contribution >= 0.6 is 0 Å². The van der Waals surface area contributed by atoms with Crippen LogP contribution in [-0.4, -0.2) is 38.3 Å². The van der Waals surface area contributed by atoms with Crippen LogP contribution in [-0.2, 0) is 4.79 Å². The number of carbonyl (C=O) groups is 2. The quantitative estimate of drug-likeness (QED) is 0.764. The molecular weight excluding hydrogens is 262 g/mol. The first kappa shape index (κ1) is 15.8. The molecule has 0 aliphatic rings. The highest BCUT2D eigenvalue weighted by atomic mass is 16.4. The maximum absolute atomic E-state index is 11.8. The summed E-state index contributed by atoms with van der Waals surface area (Å²) < 4.78 is 0. The Morgan fingerprint density at radius 2 is 1.75 bits per heavy atom. The Labute approximate surface area is 117 Å². The number of carboxylic acids is 1. The lowest BCUT2D eigenvalue weighted by atomic mass is 9.87. The summed E-state index contributed by atoms with van der Waals surface area (Å²) in [5.41, 5.74) is 0.681. The van der Waals surface area contributed by atoms with Gasteiger partial charge in [-0.1, -0.05) is 20.8 Å². The lowest BCUT2D eigenvalue weighted by molar-refractivity contribution is -0.141. The number of carboxylic acid groups (broad SMARTS) is 1. The third kappa shape index (κ3) is 4.15. The number of aromatic nitrogens is 3. The van der Waals surface area contributed by atoms with Gasteiger partial charge in [-0.05, 0) is 19.3 Å². The van der Waals surface area contributed by atoms with Gasteiger partial charge < -0.3 is 10.4 Å². The standard InChI is InChI=1S/C12H19N5O3/c1-6-7(2)16-17-10(13-6)15-11(20)14-8(9(18)19)12(3,4)5/h8H,1-5H3,(H,18,19)(H2,13,14,15,17,20). The molecule has 110 valence electrons. The van der Waals surface area contributed by atoms with Crippen LogP contribution in [0.4, 0.5) is 10.7 Å². The fourth-order valence-electron chi connectivity index (χ4n) is 1.43. The van der Waals surface area contributed by atoms with Crippen molar-refractivity contribution in [3.63, 3.8) is 0 Å². The third-order valence-electron chi connectivity index (χ3n) is 2.71. The number of anilines is 1. The van der Waals surface area contributed by atoms with Crippen molar-refractivity contribution in [2.24, 2.45) is 5.41 Å². The number of hydrogen-bond acceptors (Lipinski definition) is 5. The van der Waals surface area contributed by atoms with E-state index in [2.05, 4.69) is 25.8 Å². The lowest BCUT2D eigenvalue weighted by Crippen LogP contribution is -2.50. The first-order chi connectivity index (χ1) is 9.11. The van der Waals surface area contributed by atoms with Crippen molar-refractivity contribution in [1.29, 1.82) is 0 Å². The van der Waals surface area contributed by atoms with Gasteiger partial charge in [0.1, 0.15) is 6.04 Å². The van der Waals surface area contributed by atoms with Crippen LogP contribution < -0.4 is 10.6 Å². The fraction of sp³-hybridized carbons (Fsp3) is 0.583. The molecule has 2 amide bonds. The highest BCUT2D eigenvalue weighted by molar-refractivity contribution is 5.91. The molecule has 0 aliphatic heterocycles. The van der Waals surface area contributed by atoms with Crippen LogP contribution in [0.15, 0.2) is 0 Å². The Balaban J connectivity index is 2.76. The molecule has 1 heterocycles. The smallest absolute Gasteiger partial charge is 0.326 e. The first-order valence-corrected chi connectivity index (χ1v) is 6.09. The highest BCUT2D eigenvalue weighted by Crippen LogP contribution is 2.19. The normalized spacial score (nSPS) is 12.7. The average Bonchev–Trinajstić information content (AvgIpc) is 2.29. The van der Waals surface area contributed by atoms with Gasteiger partial charge in [0.05, 0.1) is 11.4 Å². The number of aliphatic carboxylic acids is 1. The molecule has 0 saturated heterocycles. The van der Waals surface area contributed by atoms with Crippen LogP contribution in [0.5, 0.6) is 0 Å². The molecule has 0 spiro atoms. The van der Waals surface area contributed by atoms with Crippen molar-refractivity contribution in [3.05, 3.63) is 11.4 Å². The first-order valence-electron chi connectivity index (χ1n) is 6.09. The van der Waals surface area contributed by atoms with Gasteiger partial charge in [-0.3, -0.25) is 5.32 Å². The van der Waals surface area contributed by atoms with Crippen LogP contribution in [0.1, 0.15) is 32.2 Å². The molecule has 3 N–H and O–H groups in total. The van der Waals surface area contributed by atoms with Crippen LogP contribution in [0, 0.1) is 19.3 Å². The molecule has 0 saturated carbocycles. The fourth-order valence-corrected chi connectivity index (χ4v) is 1.43. The lowest BCUT2D eigenvalue weighted by Gasteiger charge is -2.27. The predicted molar refractivity (Wildman–Crippen MR) is 72.3 cm³/mol. The SMILES string of the molecule is Cc1nnc(NC(=O)NC(C(=O)O)C(C)(C)C)nc1C. The van der Waals surface area contributed by atoms with Gasteiger partial charge >= 0.3 is 12.0 Å². The van der Waals surface area contributed by atoms with Gasteiger partial charge in [0.2, 0.25) is 0 Å². The molecule has 1 aromatic rings. The Morgan fingerprint density at radius 1 is 1.15 bits per heavy atom. The second-order valence-corrected chi connectivity index (χ2v) is 5.54. The van der Waals surface area contributed by atoms with Crippen molar-refractivity contribution in [3.8, 4) is 0 Å². The molecule has 1 rings (SSSR count). The maximum atomic E-state index is 11.8. The Bertz CT molecular complexity index is 524. The summed E-state index contributed by atoms with van der Waals surface area (Å²) in [5.74, 6) is -1.07. The zero-order valence-corrected chi connectivity index (χ0v) is 12.2. The maximum Gasteiger partial charge on any atom is 0.326 e. The van der Waals surface area contributed by atoms with Gasteiger partial charge in [-0.25, -0.2) is 14.6 Å². The van der Waals surface area contributed by atoms with Crippen molar-refractivity contribution in [2.45, 2.75) is 40.7 Å². The number of urea groups is 1. The molecule has 0 bridgehead atoms. The summed E-state index contributed by atoms with van der Waals surface area (Å²) >= 11 is 0. The molecule has 0 fully saturated rings. The number of hydrogen-bond donors (Lipinski definition) is 3. The second-order valence-electron chi connectivity index (χ2n) is 5.54. The van der Waals surface area contributed by atoms with Gasteiger partial charge in [-0.2, -0.15) is 5.10 Å². The molecule has 1 unspecified atom stereocenters. The summed E-state index contributed by atoms with van der Waals surface area (Å²) in [6, 6.07) is -1.71. The summed E-state index contributed by atoms with van der Waals surface area (Å²) in [6.07, 6.45) is 0. The van der Waals surface area contributed by atoms with E-state index in [9.17, 15) is 9.59 Å². The summed E-state index contributed by atoms with van der Waals surface area (Å²) in [5, 5.41) is 21.4. The number of aryl methyl sites for hydroxylation is 2. The van der Waals surface area contributed by atoms with E-state index in [1.807, 2.05) is 0 Å². The Hall–Kier alpha value is -2.25. The molecule has 1 atom stereocenters. The van der Waals surface area contributed by atoms with Crippen LogP contribution in [0.3, 0.4) is 0 Å². The van der Waals surface area contributed by atoms with Crippen molar-refractivity contribution < 1.29 is 14.7 Å². The molecular formula is C12H19N5O3. The van der Waals surface area contributed by atoms with E-state index < -0.39 is 23.5 Å². The summed E-state index contributed by atoms with van der Waals surface area (Å²) in [6.45, 7) is 8.65. The van der Waals surface area contributed by atoms with Gasteiger partial charge in [-0.15, -0.1) is 5.10 Å². The van der Waals surface area contributed by atoms with Crippen molar-refractivity contribution in [2.75, 3.05) is 5.32 Å². The highest BCUT2D eigenvalue weighted by Gasteiger charge is 2.32. The number of nitrogens with one attached hydrogen (secondary N) is 2. The van der Waals surface area contributed by atoms with Gasteiger partial charge in [0.15, 0.2) is 0 Å². The summed E-state index contributed by atoms with van der Waals surface area (Å²) in [4.78, 5) is 27.0. The van der Waals surface area contributed by atoms with E-state index in [1.165, 1.54) is 0 Å². The molecule has 1 aromatic heterocycles. The van der Waals surface area contributed by atoms with Gasteiger partial charge in [0.25, 0.3) is 5.95 Å². The number of carbonyl (C=O) groups excluding carboxylic acids is 1. The topological polar surface area (TPSA) is 117 Å². The number of nitrogens with zero attached hydrogens (tertiary/aromatic N) is 3. The van der Waals surface area contributed by atoms with Crippen molar-refractivity contribution >= 4 is 17.9 Å². The Kier molecular flexibility index (Phi) is 4.59. The van der Waals surface area contributed by atoms with E-state index in [-0.39, 0.29) is 5.95 Å². The van der Waals surface area contributed by atoms with E-state index >= 15 is 0 Å². The summed E-state index contributed by atoms with van der Waals surface area (Å²) in [7, 11) is 0. The zero-order valence-electron chi connectivity index (χ0n) is 12.2. The molecule has 0 aromatic carbocycles. The minimum Gasteiger partial charge on any atom is -0.480 e. The molecule has 0 radical (unpaired) electrons. The largest absolute Gasteiger partial charge is 0.480 e. The van der Waals surface area contributed by atoms with E-state index in [0.29, 0.717) is 11.4 Å². The van der Waals surface area contributed by atoms with E-state index in [4.69, 9.17) is 5.11 Å². The third-order valence-corrected chi connectivity index (χ3v) is 2.71. The second kappa shape index (κ2) is 5.81. The minimum atomic E-state index is -1.10. The average molecular weight is 281 g/mol. The minimum absolute atomic E-state index is 0.0312. The monoisotopic (exact) mass is 281 g/mol. The van der Waals surface area contributed by atoms with E-state index in [0.717, 1.165) is 0 Å². The van der Waals surface area contributed by atoms with E-state index in [1.54, 1.807) is 34.6 Å². The predicted octanol–water partition coefficient (Wildman–Crippen LogP) is 1.11. The Morgan fingerprint density at radius 3 is 2.20 bits per heavy atom. The number of amides is 2.